The Kier molecular flexibility index (Phi) is 6.81. The molecule has 2 aliphatic rings. The number of aliphatic hydroxyl groups is 1. The molecule has 0 radical (unpaired) electrons. The lowest BCUT2D eigenvalue weighted by atomic mass is 9.84. The molecule has 1 aromatic heterocycles. The van der Waals surface area contributed by atoms with Crippen LogP contribution in [-0.4, -0.2) is 66.3 Å². The SMILES string of the molecule is COc1ccc(CN2CCC(O)(c3ccc4oc(C(=O)N5C[C@@H](C)O[C@@H](C)C5)cc4c3)CC2)cc1C. The van der Waals surface area contributed by atoms with Gasteiger partial charge in [0.05, 0.1) is 24.9 Å². The number of morpholine rings is 1. The van der Waals surface area contributed by atoms with E-state index in [9.17, 15) is 9.90 Å². The maximum absolute atomic E-state index is 13.1. The quantitative estimate of drug-likeness (QED) is 0.566. The number of aryl methyl sites for hydroxylation is 1. The van der Waals surface area contributed by atoms with E-state index in [4.69, 9.17) is 13.9 Å². The van der Waals surface area contributed by atoms with Crippen LogP contribution < -0.4 is 4.74 Å². The standard InChI is InChI=1S/C29H36N2O5/c1-19-13-22(5-7-25(19)34-4)18-30-11-9-29(33,10-12-30)24-6-8-26-23(14-24)15-27(36-26)28(32)31-16-20(2)35-21(3)17-31/h5-8,13-15,20-21,33H,9-12,16-18H2,1-4H3/t20-,21+. The van der Waals surface area contributed by atoms with E-state index in [1.165, 1.54) is 5.56 Å². The summed E-state index contributed by atoms with van der Waals surface area (Å²) in [5.74, 6) is 1.12. The van der Waals surface area contributed by atoms with Crippen molar-refractivity contribution < 1.29 is 23.8 Å². The Hall–Kier alpha value is -2.87. The van der Waals surface area contributed by atoms with Gasteiger partial charge < -0.3 is 23.9 Å². The van der Waals surface area contributed by atoms with Gasteiger partial charge in [-0.15, -0.1) is 0 Å². The number of piperidine rings is 1. The number of fused-ring (bicyclic) bond motifs is 1. The molecule has 5 rings (SSSR count). The highest BCUT2D eigenvalue weighted by Gasteiger charge is 2.35. The van der Waals surface area contributed by atoms with E-state index in [1.807, 2.05) is 38.1 Å². The number of amides is 1. The summed E-state index contributed by atoms with van der Waals surface area (Å²) in [6, 6.07) is 13.9. The van der Waals surface area contributed by atoms with Crippen LogP contribution in [0.25, 0.3) is 11.0 Å². The lowest BCUT2D eigenvalue weighted by Gasteiger charge is -2.38. The highest BCUT2D eigenvalue weighted by atomic mass is 16.5. The molecule has 7 nitrogen and oxygen atoms in total. The molecular formula is C29H36N2O5. The number of benzene rings is 2. The normalized spacial score (nSPS) is 22.6. The third-order valence-corrected chi connectivity index (χ3v) is 7.52. The van der Waals surface area contributed by atoms with Crippen molar-refractivity contribution in [3.05, 3.63) is 64.9 Å². The smallest absolute Gasteiger partial charge is 0.289 e. The molecule has 2 aliphatic heterocycles. The second-order valence-corrected chi connectivity index (χ2v) is 10.4. The van der Waals surface area contributed by atoms with Gasteiger partial charge in [0.25, 0.3) is 5.91 Å². The highest BCUT2D eigenvalue weighted by Crippen LogP contribution is 2.36. The molecule has 2 aromatic carbocycles. The minimum atomic E-state index is -0.892. The first-order valence-corrected chi connectivity index (χ1v) is 12.8. The van der Waals surface area contributed by atoms with E-state index in [2.05, 4.69) is 24.0 Å². The van der Waals surface area contributed by atoms with Gasteiger partial charge in [-0.05, 0) is 74.6 Å². The Balaban J connectivity index is 1.26. The van der Waals surface area contributed by atoms with Gasteiger partial charge in [-0.1, -0.05) is 18.2 Å². The number of likely N-dealkylation sites (tertiary alicyclic amines) is 1. The van der Waals surface area contributed by atoms with Crippen LogP contribution in [0.2, 0.25) is 0 Å². The monoisotopic (exact) mass is 492 g/mol. The summed E-state index contributed by atoms with van der Waals surface area (Å²) < 4.78 is 17.0. The van der Waals surface area contributed by atoms with E-state index in [1.54, 1.807) is 18.1 Å². The van der Waals surface area contributed by atoms with Crippen LogP contribution in [0.1, 0.15) is 53.9 Å². The molecule has 3 heterocycles. The largest absolute Gasteiger partial charge is 0.496 e. The fourth-order valence-electron chi connectivity index (χ4n) is 5.60. The zero-order valence-corrected chi connectivity index (χ0v) is 21.6. The maximum atomic E-state index is 13.1. The molecule has 2 fully saturated rings. The van der Waals surface area contributed by atoms with Crippen molar-refractivity contribution in [2.24, 2.45) is 0 Å². The molecule has 3 aromatic rings. The molecule has 0 aliphatic carbocycles. The van der Waals surface area contributed by atoms with Crippen LogP contribution in [0.4, 0.5) is 0 Å². The number of rotatable bonds is 5. The van der Waals surface area contributed by atoms with Crippen molar-refractivity contribution in [2.45, 2.75) is 58.0 Å². The number of furan rings is 1. The summed E-state index contributed by atoms with van der Waals surface area (Å²) in [6.07, 6.45) is 1.31. The Morgan fingerprint density at radius 1 is 1.08 bits per heavy atom. The Bertz CT molecular complexity index is 1230. The predicted octanol–water partition coefficient (Wildman–Crippen LogP) is 4.48. The number of carbonyl (C=O) groups excluding carboxylic acids is 1. The molecule has 0 unspecified atom stereocenters. The van der Waals surface area contributed by atoms with Crippen molar-refractivity contribution in [3.63, 3.8) is 0 Å². The molecule has 192 valence electrons. The van der Waals surface area contributed by atoms with Crippen LogP contribution in [-0.2, 0) is 16.9 Å². The van der Waals surface area contributed by atoms with Crippen LogP contribution in [0.3, 0.4) is 0 Å². The number of carbonyl (C=O) groups is 1. The highest BCUT2D eigenvalue weighted by molar-refractivity contribution is 5.96. The number of methoxy groups -OCH3 is 1. The summed E-state index contributed by atoms with van der Waals surface area (Å²) in [7, 11) is 1.69. The van der Waals surface area contributed by atoms with Gasteiger partial charge >= 0.3 is 0 Å². The molecule has 0 saturated carbocycles. The average Bonchev–Trinajstić information content (AvgIpc) is 3.28. The Morgan fingerprint density at radius 2 is 1.81 bits per heavy atom. The fourth-order valence-corrected chi connectivity index (χ4v) is 5.60. The molecule has 0 spiro atoms. The molecule has 7 heteroatoms. The van der Waals surface area contributed by atoms with E-state index in [0.29, 0.717) is 37.3 Å². The Morgan fingerprint density at radius 3 is 2.47 bits per heavy atom. The zero-order valence-electron chi connectivity index (χ0n) is 21.6. The van der Waals surface area contributed by atoms with Crippen molar-refractivity contribution in [1.82, 2.24) is 9.80 Å². The first kappa shape index (κ1) is 24.8. The van der Waals surface area contributed by atoms with Crippen molar-refractivity contribution >= 4 is 16.9 Å². The third kappa shape index (κ3) is 5.01. The van der Waals surface area contributed by atoms with Crippen LogP contribution in [0.5, 0.6) is 5.75 Å². The average molecular weight is 493 g/mol. The van der Waals surface area contributed by atoms with Gasteiger partial charge in [0.2, 0.25) is 0 Å². The molecule has 36 heavy (non-hydrogen) atoms. The number of nitrogens with zero attached hydrogens (tertiary/aromatic N) is 2. The maximum Gasteiger partial charge on any atom is 0.289 e. The van der Waals surface area contributed by atoms with E-state index in [-0.39, 0.29) is 18.1 Å². The minimum absolute atomic E-state index is 0.00235. The van der Waals surface area contributed by atoms with Crippen molar-refractivity contribution in [1.29, 1.82) is 0 Å². The van der Waals surface area contributed by atoms with Gasteiger partial charge in [0, 0.05) is 38.1 Å². The van der Waals surface area contributed by atoms with Crippen molar-refractivity contribution in [2.75, 3.05) is 33.3 Å². The third-order valence-electron chi connectivity index (χ3n) is 7.52. The van der Waals surface area contributed by atoms with Crippen LogP contribution >= 0.6 is 0 Å². The van der Waals surface area contributed by atoms with Crippen LogP contribution in [0.15, 0.2) is 46.9 Å². The van der Waals surface area contributed by atoms with E-state index in [0.717, 1.165) is 41.9 Å². The van der Waals surface area contributed by atoms with Crippen molar-refractivity contribution in [3.8, 4) is 5.75 Å². The van der Waals surface area contributed by atoms with Gasteiger partial charge in [0.15, 0.2) is 5.76 Å². The van der Waals surface area contributed by atoms with Gasteiger partial charge in [-0.2, -0.15) is 0 Å². The number of ether oxygens (including phenoxy) is 2. The molecular weight excluding hydrogens is 456 g/mol. The molecule has 2 atom stereocenters. The van der Waals surface area contributed by atoms with E-state index >= 15 is 0 Å². The zero-order chi connectivity index (χ0) is 25.4. The number of hydrogen-bond donors (Lipinski definition) is 1. The topological polar surface area (TPSA) is 75.4 Å². The summed E-state index contributed by atoms with van der Waals surface area (Å²) in [5, 5.41) is 12.4. The van der Waals surface area contributed by atoms with E-state index < -0.39 is 5.60 Å². The fraction of sp³-hybridized carbons (Fsp3) is 0.483. The molecule has 1 amide bonds. The second kappa shape index (κ2) is 9.88. The van der Waals surface area contributed by atoms with Gasteiger partial charge in [-0.25, -0.2) is 0 Å². The van der Waals surface area contributed by atoms with Gasteiger partial charge in [-0.3, -0.25) is 9.69 Å². The first-order chi connectivity index (χ1) is 17.2. The summed E-state index contributed by atoms with van der Waals surface area (Å²) in [5.41, 5.74) is 3.03. The summed E-state index contributed by atoms with van der Waals surface area (Å²) in [4.78, 5) is 17.2. The number of hydrogen-bond acceptors (Lipinski definition) is 6. The minimum Gasteiger partial charge on any atom is -0.496 e. The van der Waals surface area contributed by atoms with Crippen LogP contribution in [0, 0.1) is 6.92 Å². The van der Waals surface area contributed by atoms with Gasteiger partial charge in [0.1, 0.15) is 11.3 Å². The summed E-state index contributed by atoms with van der Waals surface area (Å²) >= 11 is 0. The molecule has 1 N–H and O–H groups in total. The first-order valence-electron chi connectivity index (χ1n) is 12.8. The lowest BCUT2D eigenvalue weighted by Crippen LogP contribution is -2.48. The second-order valence-electron chi connectivity index (χ2n) is 10.4. The molecule has 0 bridgehead atoms. The molecule has 2 saturated heterocycles. The Labute approximate surface area is 212 Å². The predicted molar refractivity (Wildman–Crippen MR) is 138 cm³/mol. The lowest BCUT2D eigenvalue weighted by molar-refractivity contribution is -0.0591. The summed E-state index contributed by atoms with van der Waals surface area (Å²) in [6.45, 7) is 9.59.